The Hall–Kier alpha value is -2.20. The first kappa shape index (κ1) is 27.8. The molecule has 0 aliphatic heterocycles. The molecule has 7 nitrogen and oxygen atoms in total. The number of nitrogens with zero attached hydrogens (tertiary/aromatic N) is 1. The minimum Gasteiger partial charge on any atom is -0.493 e. The largest absolute Gasteiger partial charge is 0.493 e. The fraction of sp³-hybridized carbons (Fsp3) is 0.458. The van der Waals surface area contributed by atoms with Gasteiger partial charge in [-0.1, -0.05) is 18.2 Å². The lowest BCUT2D eigenvalue weighted by molar-refractivity contribution is 0.180. The lowest BCUT2D eigenvalue weighted by atomic mass is 10.1. The minimum absolute atomic E-state index is 0. The summed E-state index contributed by atoms with van der Waals surface area (Å²) < 4.78 is 16.6. The molecule has 178 valence electrons. The van der Waals surface area contributed by atoms with E-state index in [4.69, 9.17) is 14.2 Å². The molecule has 3 N–H and O–H groups in total. The standard InChI is InChI=1S/C24H35N3O4.HI/c1-6-25-24(26-15-18-8-13-22(29-5)23(14-18)30-7-2)27-16-21(28)19-9-11-20(12-10-19)31-17(3)4;/h8-14,17,21,28H,6-7,15-16H2,1-5H3,(H2,25,26,27);1H. The number of aliphatic hydroxyl groups excluding tert-OH is 1. The first-order chi connectivity index (χ1) is 15.0. The van der Waals surface area contributed by atoms with Crippen LogP contribution in [0, 0.1) is 0 Å². The zero-order valence-corrected chi connectivity index (χ0v) is 21.9. The van der Waals surface area contributed by atoms with Crippen molar-refractivity contribution in [1.29, 1.82) is 0 Å². The molecule has 0 bridgehead atoms. The van der Waals surface area contributed by atoms with Crippen molar-refractivity contribution < 1.29 is 19.3 Å². The fourth-order valence-corrected chi connectivity index (χ4v) is 2.95. The minimum atomic E-state index is -0.664. The van der Waals surface area contributed by atoms with Gasteiger partial charge >= 0.3 is 0 Å². The van der Waals surface area contributed by atoms with E-state index in [0.717, 1.165) is 23.4 Å². The normalized spacial score (nSPS) is 12.0. The van der Waals surface area contributed by atoms with E-state index in [0.29, 0.717) is 37.2 Å². The van der Waals surface area contributed by atoms with Crippen molar-refractivity contribution in [3.8, 4) is 17.2 Å². The van der Waals surface area contributed by atoms with E-state index >= 15 is 0 Å². The molecular weight excluding hydrogens is 521 g/mol. The number of aliphatic hydroxyl groups is 1. The summed E-state index contributed by atoms with van der Waals surface area (Å²) in [4.78, 5) is 4.62. The summed E-state index contributed by atoms with van der Waals surface area (Å²) in [7, 11) is 1.62. The van der Waals surface area contributed by atoms with Gasteiger partial charge in [0.2, 0.25) is 0 Å². The van der Waals surface area contributed by atoms with Crippen LogP contribution in [0.1, 0.15) is 44.9 Å². The number of rotatable bonds is 11. The maximum atomic E-state index is 10.5. The van der Waals surface area contributed by atoms with E-state index in [1.165, 1.54) is 0 Å². The SMILES string of the molecule is CCNC(=NCc1ccc(OC)c(OCC)c1)NCC(O)c1ccc(OC(C)C)cc1.I. The first-order valence-corrected chi connectivity index (χ1v) is 10.7. The number of guanidine groups is 1. The molecule has 1 atom stereocenters. The fourth-order valence-electron chi connectivity index (χ4n) is 2.95. The molecule has 2 aromatic carbocycles. The molecule has 0 fully saturated rings. The first-order valence-electron chi connectivity index (χ1n) is 10.7. The van der Waals surface area contributed by atoms with Crippen molar-refractivity contribution >= 4 is 29.9 Å². The van der Waals surface area contributed by atoms with Crippen LogP contribution in [0.2, 0.25) is 0 Å². The summed E-state index contributed by atoms with van der Waals surface area (Å²) in [6.45, 7) is 10.00. The zero-order valence-electron chi connectivity index (χ0n) is 19.6. The number of ether oxygens (including phenoxy) is 3. The molecule has 0 saturated carbocycles. The predicted octanol–water partition coefficient (Wildman–Crippen LogP) is 4.29. The molecule has 0 radical (unpaired) electrons. The predicted molar refractivity (Wildman–Crippen MR) is 140 cm³/mol. The van der Waals surface area contributed by atoms with Crippen molar-refractivity contribution in [3.63, 3.8) is 0 Å². The number of hydrogen-bond donors (Lipinski definition) is 3. The van der Waals surface area contributed by atoms with Gasteiger partial charge in [0.15, 0.2) is 17.5 Å². The van der Waals surface area contributed by atoms with E-state index in [1.54, 1.807) is 7.11 Å². The van der Waals surface area contributed by atoms with Crippen LogP contribution < -0.4 is 24.8 Å². The molecule has 1 unspecified atom stereocenters. The van der Waals surface area contributed by atoms with E-state index in [-0.39, 0.29) is 30.1 Å². The Labute approximate surface area is 208 Å². The van der Waals surface area contributed by atoms with Crippen molar-refractivity contribution in [2.75, 3.05) is 26.8 Å². The third-order valence-electron chi connectivity index (χ3n) is 4.39. The van der Waals surface area contributed by atoms with Crippen LogP contribution >= 0.6 is 24.0 Å². The Balaban J connectivity index is 0.00000512. The molecule has 0 aliphatic carbocycles. The second-order valence-electron chi connectivity index (χ2n) is 7.25. The van der Waals surface area contributed by atoms with Gasteiger partial charge in [0.1, 0.15) is 5.75 Å². The highest BCUT2D eigenvalue weighted by atomic mass is 127. The quantitative estimate of drug-likeness (QED) is 0.217. The summed E-state index contributed by atoms with van der Waals surface area (Å²) in [6, 6.07) is 13.3. The van der Waals surface area contributed by atoms with Gasteiger partial charge < -0.3 is 30.0 Å². The molecule has 0 heterocycles. The van der Waals surface area contributed by atoms with E-state index < -0.39 is 6.10 Å². The third kappa shape index (κ3) is 9.12. The van der Waals surface area contributed by atoms with Crippen LogP contribution in [-0.4, -0.2) is 44.0 Å². The molecule has 32 heavy (non-hydrogen) atoms. The van der Waals surface area contributed by atoms with Crippen molar-refractivity contribution in [2.24, 2.45) is 4.99 Å². The van der Waals surface area contributed by atoms with Gasteiger partial charge in [-0.3, -0.25) is 0 Å². The van der Waals surface area contributed by atoms with Crippen LogP contribution in [0.5, 0.6) is 17.2 Å². The third-order valence-corrected chi connectivity index (χ3v) is 4.39. The number of aliphatic imine (C=N–C) groups is 1. The summed E-state index contributed by atoms with van der Waals surface area (Å²) in [5.74, 6) is 2.83. The van der Waals surface area contributed by atoms with Gasteiger partial charge in [-0.2, -0.15) is 0 Å². The van der Waals surface area contributed by atoms with Gasteiger partial charge in [0.25, 0.3) is 0 Å². The Morgan fingerprint density at radius 2 is 1.75 bits per heavy atom. The summed E-state index contributed by atoms with van der Waals surface area (Å²) in [6.07, 6.45) is -0.547. The Bertz CT molecular complexity index is 828. The number of methoxy groups -OCH3 is 1. The highest BCUT2D eigenvalue weighted by molar-refractivity contribution is 14.0. The van der Waals surface area contributed by atoms with E-state index in [1.807, 2.05) is 70.2 Å². The molecule has 2 aromatic rings. The molecule has 2 rings (SSSR count). The number of benzene rings is 2. The average molecular weight is 557 g/mol. The van der Waals surface area contributed by atoms with E-state index in [9.17, 15) is 5.11 Å². The maximum absolute atomic E-state index is 10.5. The van der Waals surface area contributed by atoms with Crippen LogP contribution in [-0.2, 0) is 6.54 Å². The molecule has 0 spiro atoms. The Morgan fingerprint density at radius 1 is 1.03 bits per heavy atom. The number of halogens is 1. The number of nitrogens with one attached hydrogen (secondary N) is 2. The molecule has 0 aliphatic rings. The second-order valence-corrected chi connectivity index (χ2v) is 7.25. The van der Waals surface area contributed by atoms with Crippen molar-refractivity contribution in [3.05, 3.63) is 53.6 Å². The smallest absolute Gasteiger partial charge is 0.191 e. The van der Waals surface area contributed by atoms with Crippen LogP contribution in [0.15, 0.2) is 47.5 Å². The molecule has 0 aromatic heterocycles. The molecular formula is C24H36IN3O4. The summed E-state index contributed by atoms with van der Waals surface area (Å²) >= 11 is 0. The van der Waals surface area contributed by atoms with Gasteiger partial charge in [0, 0.05) is 13.1 Å². The highest BCUT2D eigenvalue weighted by Gasteiger charge is 2.10. The topological polar surface area (TPSA) is 84.3 Å². The van der Waals surface area contributed by atoms with Gasteiger partial charge in [-0.05, 0) is 63.1 Å². The second kappa shape index (κ2) is 14.8. The van der Waals surface area contributed by atoms with Crippen LogP contribution in [0.3, 0.4) is 0 Å². The van der Waals surface area contributed by atoms with Crippen molar-refractivity contribution in [1.82, 2.24) is 10.6 Å². The molecule has 8 heteroatoms. The Morgan fingerprint density at radius 3 is 2.34 bits per heavy atom. The Kier molecular flexibility index (Phi) is 12.9. The zero-order chi connectivity index (χ0) is 22.6. The monoisotopic (exact) mass is 557 g/mol. The van der Waals surface area contributed by atoms with Crippen LogP contribution in [0.4, 0.5) is 0 Å². The maximum Gasteiger partial charge on any atom is 0.191 e. The van der Waals surface area contributed by atoms with Gasteiger partial charge in [0.05, 0.1) is 32.5 Å². The lowest BCUT2D eigenvalue weighted by Gasteiger charge is -2.16. The highest BCUT2D eigenvalue weighted by Crippen LogP contribution is 2.28. The van der Waals surface area contributed by atoms with Gasteiger partial charge in [-0.15, -0.1) is 24.0 Å². The van der Waals surface area contributed by atoms with Gasteiger partial charge in [-0.25, -0.2) is 4.99 Å². The lowest BCUT2D eigenvalue weighted by Crippen LogP contribution is -2.39. The average Bonchev–Trinajstić information content (AvgIpc) is 2.76. The molecule has 0 amide bonds. The van der Waals surface area contributed by atoms with Crippen molar-refractivity contribution in [2.45, 2.75) is 46.4 Å². The van der Waals surface area contributed by atoms with Crippen LogP contribution in [0.25, 0.3) is 0 Å². The summed E-state index contributed by atoms with van der Waals surface area (Å²) in [5.41, 5.74) is 1.82. The number of hydrogen-bond acceptors (Lipinski definition) is 5. The molecule has 0 saturated heterocycles. The summed E-state index contributed by atoms with van der Waals surface area (Å²) in [5, 5.41) is 16.9. The van der Waals surface area contributed by atoms with E-state index in [2.05, 4.69) is 15.6 Å².